The fraction of sp³-hybridized carbons (Fsp3) is 0.250. The molecule has 0 aliphatic carbocycles. The van der Waals surface area contributed by atoms with Gasteiger partial charge in [0.2, 0.25) is 10.5 Å². The van der Waals surface area contributed by atoms with Gasteiger partial charge in [0.1, 0.15) is 0 Å². The Hall–Kier alpha value is -0.600. The summed E-state index contributed by atoms with van der Waals surface area (Å²) < 4.78 is 0. The predicted octanol–water partition coefficient (Wildman–Crippen LogP) is 2.90. The molecule has 0 aromatic carbocycles. The quantitative estimate of drug-likeness (QED) is 0.519. The van der Waals surface area contributed by atoms with Gasteiger partial charge < -0.3 is 0 Å². The van der Waals surface area contributed by atoms with Crippen molar-refractivity contribution in [1.29, 1.82) is 0 Å². The van der Waals surface area contributed by atoms with Crippen LogP contribution in [-0.2, 0) is 9.59 Å². The molecule has 0 radical (unpaired) electrons. The molecule has 0 aromatic heterocycles. The third-order valence-electron chi connectivity index (χ3n) is 0.496. The normalized spacial score (nSPS) is 6.58. The van der Waals surface area contributed by atoms with Crippen LogP contribution in [0.5, 0.6) is 0 Å². The molecule has 4 heteroatoms. The van der Waals surface area contributed by atoms with E-state index in [9.17, 15) is 9.59 Å². The summed E-state index contributed by atoms with van der Waals surface area (Å²) in [6.45, 7) is 7.92. The number of rotatable bonds is 2. The first-order valence-electron chi connectivity index (χ1n) is 2.59. The van der Waals surface area contributed by atoms with Gasteiger partial charge >= 0.3 is 0 Å². The van der Waals surface area contributed by atoms with Crippen LogP contribution in [0.4, 0.5) is 0 Å². The zero-order valence-corrected chi connectivity index (χ0v) is 7.58. The van der Waals surface area contributed by atoms with Crippen LogP contribution in [0.15, 0.2) is 24.8 Å². The number of carbonyl (C=O) groups is 2. The molecule has 0 amide bonds. The van der Waals surface area contributed by atoms with E-state index < -0.39 is 10.5 Å². The van der Waals surface area contributed by atoms with Crippen molar-refractivity contribution >= 4 is 33.7 Å². The smallest absolute Gasteiger partial charge is 0.247 e. The van der Waals surface area contributed by atoms with Crippen molar-refractivity contribution in [3.05, 3.63) is 24.8 Å². The minimum atomic E-state index is -0.509. The van der Waals surface area contributed by atoms with Gasteiger partial charge in [0.05, 0.1) is 0 Å². The molecule has 0 saturated heterocycles. The molecule has 0 unspecified atom stereocenters. The van der Waals surface area contributed by atoms with E-state index in [1.165, 1.54) is 0 Å². The molecule has 0 fully saturated rings. The van der Waals surface area contributed by atoms with Crippen LogP contribution in [0.25, 0.3) is 0 Å². The molecule has 0 bridgehead atoms. The topological polar surface area (TPSA) is 34.1 Å². The first kappa shape index (κ1) is 17.5. The highest BCUT2D eigenvalue weighted by molar-refractivity contribution is 6.67. The predicted molar refractivity (Wildman–Crippen MR) is 53.5 cm³/mol. The Bertz CT molecular complexity index is 173. The van der Waals surface area contributed by atoms with Crippen molar-refractivity contribution in [2.45, 2.75) is 14.4 Å². The average Bonchev–Trinajstić information content (AvgIpc) is 1.89. The van der Waals surface area contributed by atoms with Crippen molar-refractivity contribution in [3.8, 4) is 0 Å². The number of hydrogen-bond acceptors (Lipinski definition) is 2. The van der Waals surface area contributed by atoms with Gasteiger partial charge in [-0.2, -0.15) is 0 Å². The van der Waals surface area contributed by atoms with E-state index >= 15 is 0 Å². The first-order chi connectivity index (χ1) is 4.91. The lowest BCUT2D eigenvalue weighted by Gasteiger charge is -1.77. The molecule has 0 heterocycles. The molecule has 12 heavy (non-hydrogen) atoms. The second kappa shape index (κ2) is 10.4. The Kier molecular flexibility index (Phi) is 15.1. The second-order valence-corrected chi connectivity index (χ2v) is 2.28. The highest BCUT2D eigenvalue weighted by atomic mass is 35.5. The monoisotopic (exact) mass is 210 g/mol. The van der Waals surface area contributed by atoms with Crippen molar-refractivity contribution in [3.63, 3.8) is 0 Å². The van der Waals surface area contributed by atoms with Crippen LogP contribution < -0.4 is 0 Å². The van der Waals surface area contributed by atoms with E-state index in [0.717, 1.165) is 6.08 Å². The van der Waals surface area contributed by atoms with Crippen LogP contribution in [-0.4, -0.2) is 10.5 Å². The van der Waals surface area contributed by atoms with E-state index in [-0.39, 0.29) is 7.43 Å². The molecule has 2 nitrogen and oxygen atoms in total. The largest absolute Gasteiger partial charge is 0.276 e. The third-order valence-corrected chi connectivity index (χ3v) is 0.973. The molecule has 70 valence electrons. The van der Waals surface area contributed by atoms with E-state index in [1.807, 2.05) is 0 Å². The summed E-state index contributed by atoms with van der Waals surface area (Å²) in [5, 5.41) is -0.972. The lowest BCUT2D eigenvalue weighted by molar-refractivity contribution is -0.108. The maximum absolute atomic E-state index is 9.81. The molecular formula is C8H12Cl2O2. The van der Waals surface area contributed by atoms with E-state index in [1.54, 1.807) is 6.92 Å². The Morgan fingerprint density at radius 3 is 1.50 bits per heavy atom. The van der Waals surface area contributed by atoms with Crippen LogP contribution in [0.3, 0.4) is 0 Å². The molecule has 0 N–H and O–H groups in total. The minimum Gasteiger partial charge on any atom is -0.276 e. The summed E-state index contributed by atoms with van der Waals surface area (Å²) in [4.78, 5) is 19.3. The van der Waals surface area contributed by atoms with E-state index in [0.29, 0.717) is 5.57 Å². The van der Waals surface area contributed by atoms with Gasteiger partial charge in [-0.05, 0) is 36.2 Å². The van der Waals surface area contributed by atoms with Gasteiger partial charge in [0.15, 0.2) is 0 Å². The van der Waals surface area contributed by atoms with Crippen molar-refractivity contribution < 1.29 is 9.59 Å². The minimum absolute atomic E-state index is 0. The highest BCUT2D eigenvalue weighted by Crippen LogP contribution is 1.91. The number of halogens is 2. The van der Waals surface area contributed by atoms with Gasteiger partial charge in [0.25, 0.3) is 0 Å². The maximum Gasteiger partial charge on any atom is 0.247 e. The molecule has 0 atom stereocenters. The Morgan fingerprint density at radius 2 is 1.50 bits per heavy atom. The van der Waals surface area contributed by atoms with Crippen molar-refractivity contribution in [2.24, 2.45) is 0 Å². The molecule has 0 aromatic rings. The molecular weight excluding hydrogens is 199 g/mol. The van der Waals surface area contributed by atoms with Gasteiger partial charge in [-0.15, -0.1) is 0 Å². The van der Waals surface area contributed by atoms with Crippen LogP contribution >= 0.6 is 23.2 Å². The van der Waals surface area contributed by atoms with Crippen molar-refractivity contribution in [2.75, 3.05) is 0 Å². The highest BCUT2D eigenvalue weighted by Gasteiger charge is 1.89. The fourth-order valence-corrected chi connectivity index (χ4v) is 0. The Balaban J connectivity index is -0.000000126. The molecule has 0 aliphatic heterocycles. The summed E-state index contributed by atoms with van der Waals surface area (Å²) in [7, 11) is 0. The zero-order valence-electron chi connectivity index (χ0n) is 6.06. The molecule has 0 spiro atoms. The van der Waals surface area contributed by atoms with Crippen LogP contribution in [0.2, 0.25) is 0 Å². The fourth-order valence-electron chi connectivity index (χ4n) is 0. The average molecular weight is 211 g/mol. The van der Waals surface area contributed by atoms with Crippen LogP contribution in [0, 0.1) is 0 Å². The molecule has 0 aliphatic rings. The summed E-state index contributed by atoms with van der Waals surface area (Å²) in [5.74, 6) is 0. The maximum atomic E-state index is 9.81. The lowest BCUT2D eigenvalue weighted by atomic mass is 10.4. The standard InChI is InChI=1S/C4H5ClO.C3H3ClO.CH4/c1-3(2)4(5)6;1-2-3(4)5;/h1H2,2H3;2H,1H2;1H4. The zero-order chi connectivity index (χ0) is 9.44. The second-order valence-electron chi connectivity index (χ2n) is 1.56. The summed E-state index contributed by atoms with van der Waals surface area (Å²) in [6.07, 6.45) is 1.04. The first-order valence-corrected chi connectivity index (χ1v) is 3.34. The summed E-state index contributed by atoms with van der Waals surface area (Å²) in [5.41, 5.74) is 0.386. The number of carbonyl (C=O) groups excluding carboxylic acids is 2. The number of hydrogen-bond donors (Lipinski definition) is 0. The number of allylic oxidation sites excluding steroid dienone is 2. The summed E-state index contributed by atoms with van der Waals surface area (Å²) in [6, 6.07) is 0. The molecule has 0 rings (SSSR count). The third kappa shape index (κ3) is 22.7. The van der Waals surface area contributed by atoms with Gasteiger partial charge in [0, 0.05) is 5.57 Å². The molecule has 0 saturated carbocycles. The van der Waals surface area contributed by atoms with Gasteiger partial charge in [-0.1, -0.05) is 20.6 Å². The van der Waals surface area contributed by atoms with Crippen molar-refractivity contribution in [1.82, 2.24) is 0 Å². The van der Waals surface area contributed by atoms with E-state index in [2.05, 4.69) is 13.2 Å². The van der Waals surface area contributed by atoms with Gasteiger partial charge in [-0.25, -0.2) is 0 Å². The van der Waals surface area contributed by atoms with Gasteiger partial charge in [-0.3, -0.25) is 9.59 Å². The summed E-state index contributed by atoms with van der Waals surface area (Å²) >= 11 is 9.58. The SMILES string of the molecule is C.C=C(C)C(=O)Cl.C=CC(=O)Cl. The van der Waals surface area contributed by atoms with Crippen LogP contribution in [0.1, 0.15) is 14.4 Å². The lowest BCUT2D eigenvalue weighted by Crippen LogP contribution is -1.81. The Labute approximate surface area is 82.9 Å². The Morgan fingerprint density at radius 1 is 1.33 bits per heavy atom. The van der Waals surface area contributed by atoms with E-state index in [4.69, 9.17) is 23.2 Å².